The summed E-state index contributed by atoms with van der Waals surface area (Å²) in [6.45, 7) is 2.23. The van der Waals surface area contributed by atoms with Crippen molar-refractivity contribution in [2.45, 2.75) is 26.2 Å². The van der Waals surface area contributed by atoms with Crippen LogP contribution < -0.4 is 0 Å². The molecule has 1 heterocycles. The topological polar surface area (TPSA) is 4.93 Å². The van der Waals surface area contributed by atoms with Crippen molar-refractivity contribution in [3.63, 3.8) is 0 Å². The maximum atomic E-state index is 2.31. The Morgan fingerprint density at radius 2 is 2.08 bits per heavy atom. The minimum absolute atomic E-state index is 1.18. The van der Waals surface area contributed by atoms with E-state index in [2.05, 4.69) is 48.2 Å². The molecule has 0 saturated carbocycles. The first-order chi connectivity index (χ1) is 6.40. The molecule has 1 nitrogen and oxygen atoms in total. The van der Waals surface area contributed by atoms with Crippen LogP contribution in [0.1, 0.15) is 26.2 Å². The average Bonchev–Trinajstić information content (AvgIpc) is 2.71. The smallest absolute Gasteiger partial charge is 0.0409 e. The summed E-state index contributed by atoms with van der Waals surface area (Å²) in [4.78, 5) is 0. The zero-order valence-electron chi connectivity index (χ0n) is 8.03. The van der Waals surface area contributed by atoms with Gasteiger partial charge >= 0.3 is 0 Å². The third-order valence-electron chi connectivity index (χ3n) is 2.53. The van der Waals surface area contributed by atoms with Crippen LogP contribution in [0.5, 0.6) is 0 Å². The molecule has 0 aliphatic heterocycles. The first kappa shape index (κ1) is 8.36. The van der Waals surface area contributed by atoms with Gasteiger partial charge in [-0.25, -0.2) is 0 Å². The fourth-order valence-electron chi connectivity index (χ4n) is 1.71. The first-order valence-electron chi connectivity index (χ1n) is 4.93. The molecular weight excluding hydrogens is 158 g/mol. The van der Waals surface area contributed by atoms with E-state index in [1.54, 1.807) is 5.57 Å². The Kier molecular flexibility index (Phi) is 2.35. The van der Waals surface area contributed by atoms with Gasteiger partial charge < -0.3 is 4.57 Å². The molecule has 0 N–H and O–H groups in total. The molecular formula is C12H15N. The summed E-state index contributed by atoms with van der Waals surface area (Å²) in [5.41, 5.74) is 2.89. The van der Waals surface area contributed by atoms with Crippen LogP contribution in [0.25, 0.3) is 5.70 Å². The largest absolute Gasteiger partial charge is 0.324 e. The molecule has 0 radical (unpaired) electrons. The molecule has 0 fully saturated rings. The molecule has 0 unspecified atom stereocenters. The molecule has 1 heteroatoms. The lowest BCUT2D eigenvalue weighted by atomic mass is 10.0. The second-order valence-electron chi connectivity index (χ2n) is 3.41. The number of nitrogens with zero attached hydrogens (tertiary/aromatic N) is 1. The van der Waals surface area contributed by atoms with Crippen molar-refractivity contribution in [1.82, 2.24) is 4.57 Å². The van der Waals surface area contributed by atoms with E-state index in [-0.39, 0.29) is 0 Å². The van der Waals surface area contributed by atoms with Gasteiger partial charge in [-0.15, -0.1) is 0 Å². The van der Waals surface area contributed by atoms with Gasteiger partial charge in [-0.1, -0.05) is 18.6 Å². The van der Waals surface area contributed by atoms with Gasteiger partial charge in [0.25, 0.3) is 0 Å². The van der Waals surface area contributed by atoms with Crippen molar-refractivity contribution in [1.29, 1.82) is 0 Å². The van der Waals surface area contributed by atoms with Gasteiger partial charge in [0.15, 0.2) is 0 Å². The van der Waals surface area contributed by atoms with Gasteiger partial charge in [-0.3, -0.25) is 0 Å². The van der Waals surface area contributed by atoms with E-state index in [0.29, 0.717) is 0 Å². The molecule has 1 aliphatic rings. The minimum atomic E-state index is 1.18. The van der Waals surface area contributed by atoms with Crippen LogP contribution >= 0.6 is 0 Å². The van der Waals surface area contributed by atoms with Crippen LogP contribution in [-0.2, 0) is 0 Å². The highest BCUT2D eigenvalue weighted by atomic mass is 14.9. The highest BCUT2D eigenvalue weighted by molar-refractivity contribution is 5.60. The van der Waals surface area contributed by atoms with Crippen molar-refractivity contribution in [2.24, 2.45) is 0 Å². The second-order valence-corrected chi connectivity index (χ2v) is 3.41. The predicted octanol–water partition coefficient (Wildman–Crippen LogP) is 3.46. The Bertz CT molecular complexity index is 328. The summed E-state index contributed by atoms with van der Waals surface area (Å²) < 4.78 is 2.18. The number of hydrogen-bond acceptors (Lipinski definition) is 0. The predicted molar refractivity (Wildman–Crippen MR) is 56.3 cm³/mol. The van der Waals surface area contributed by atoms with Gasteiger partial charge in [0.2, 0.25) is 0 Å². The molecule has 0 bridgehead atoms. The van der Waals surface area contributed by atoms with Crippen molar-refractivity contribution in [3.8, 4) is 0 Å². The Labute approximate surface area is 79.4 Å². The lowest BCUT2D eigenvalue weighted by Crippen LogP contribution is -1.96. The third-order valence-corrected chi connectivity index (χ3v) is 2.53. The normalized spacial score (nSPS) is 16.7. The Morgan fingerprint density at radius 1 is 1.31 bits per heavy atom. The van der Waals surface area contributed by atoms with E-state index in [4.69, 9.17) is 0 Å². The molecule has 0 amide bonds. The summed E-state index contributed by atoms with van der Waals surface area (Å²) in [5, 5.41) is 0. The van der Waals surface area contributed by atoms with E-state index in [0.717, 1.165) is 0 Å². The lowest BCUT2D eigenvalue weighted by Gasteiger charge is -2.13. The van der Waals surface area contributed by atoms with Gasteiger partial charge in [0.05, 0.1) is 0 Å². The Balaban J connectivity index is 2.26. The highest BCUT2D eigenvalue weighted by Gasteiger charge is 2.03. The molecule has 1 aromatic rings. The van der Waals surface area contributed by atoms with E-state index in [9.17, 15) is 0 Å². The van der Waals surface area contributed by atoms with Crippen LogP contribution in [0, 0.1) is 0 Å². The highest BCUT2D eigenvalue weighted by Crippen LogP contribution is 2.22. The summed E-state index contributed by atoms with van der Waals surface area (Å²) in [6.07, 6.45) is 12.4. The van der Waals surface area contributed by atoms with Crippen molar-refractivity contribution in [2.75, 3.05) is 0 Å². The summed E-state index contributed by atoms with van der Waals surface area (Å²) in [5.74, 6) is 0. The maximum Gasteiger partial charge on any atom is 0.0409 e. The standard InChI is InChI=1S/C12H15N/c1-2-11-6-5-7-12(10-11)13-8-3-4-9-13/h3-4,7-10H,2,5-6H2,1H3. The summed E-state index contributed by atoms with van der Waals surface area (Å²) in [6, 6.07) is 4.13. The number of rotatable bonds is 2. The monoisotopic (exact) mass is 173 g/mol. The average molecular weight is 173 g/mol. The van der Waals surface area contributed by atoms with Gasteiger partial charge in [-0.2, -0.15) is 0 Å². The summed E-state index contributed by atoms with van der Waals surface area (Å²) in [7, 11) is 0. The molecule has 13 heavy (non-hydrogen) atoms. The zero-order valence-corrected chi connectivity index (χ0v) is 8.03. The van der Waals surface area contributed by atoms with Gasteiger partial charge in [0.1, 0.15) is 0 Å². The number of aromatic nitrogens is 1. The SMILES string of the molecule is CCC1=CC(n2cccc2)=CCC1. The quantitative estimate of drug-likeness (QED) is 0.645. The Hall–Kier alpha value is -1.24. The minimum Gasteiger partial charge on any atom is -0.324 e. The zero-order chi connectivity index (χ0) is 9.10. The molecule has 0 spiro atoms. The molecule has 0 atom stereocenters. The van der Waals surface area contributed by atoms with Crippen molar-refractivity contribution < 1.29 is 0 Å². The lowest BCUT2D eigenvalue weighted by molar-refractivity contribution is 0.884. The molecule has 1 aromatic heterocycles. The van der Waals surface area contributed by atoms with E-state index in [1.807, 2.05) is 0 Å². The fraction of sp³-hybridized carbons (Fsp3) is 0.333. The van der Waals surface area contributed by atoms with Crippen molar-refractivity contribution in [3.05, 3.63) is 42.3 Å². The Morgan fingerprint density at radius 3 is 2.77 bits per heavy atom. The van der Waals surface area contributed by atoms with Gasteiger partial charge in [0, 0.05) is 18.1 Å². The number of hydrogen-bond donors (Lipinski definition) is 0. The fourth-order valence-corrected chi connectivity index (χ4v) is 1.71. The second kappa shape index (κ2) is 3.65. The molecule has 2 rings (SSSR count). The molecule has 68 valence electrons. The summed E-state index contributed by atoms with van der Waals surface area (Å²) >= 11 is 0. The van der Waals surface area contributed by atoms with E-state index in [1.165, 1.54) is 25.0 Å². The number of allylic oxidation sites excluding steroid dienone is 4. The van der Waals surface area contributed by atoms with Crippen molar-refractivity contribution >= 4 is 5.70 Å². The van der Waals surface area contributed by atoms with Crippen LogP contribution in [0.2, 0.25) is 0 Å². The molecule has 0 saturated heterocycles. The van der Waals surface area contributed by atoms with Crippen LogP contribution in [0.3, 0.4) is 0 Å². The van der Waals surface area contributed by atoms with E-state index < -0.39 is 0 Å². The maximum absolute atomic E-state index is 2.31. The molecule has 0 aromatic carbocycles. The van der Waals surface area contributed by atoms with Crippen LogP contribution in [0.15, 0.2) is 42.3 Å². The first-order valence-corrected chi connectivity index (χ1v) is 4.93. The van der Waals surface area contributed by atoms with Gasteiger partial charge in [-0.05, 0) is 37.5 Å². The molecule has 1 aliphatic carbocycles. The van der Waals surface area contributed by atoms with Crippen LogP contribution in [0.4, 0.5) is 0 Å². The van der Waals surface area contributed by atoms with E-state index >= 15 is 0 Å². The van der Waals surface area contributed by atoms with Crippen LogP contribution in [-0.4, -0.2) is 4.57 Å². The third kappa shape index (κ3) is 1.74.